The van der Waals surface area contributed by atoms with Gasteiger partial charge in [0.2, 0.25) is 0 Å². The lowest BCUT2D eigenvalue weighted by Gasteiger charge is -2.18. The quantitative estimate of drug-likeness (QED) is 0.743. The first-order chi connectivity index (χ1) is 7.29. The first-order valence-corrected chi connectivity index (χ1v) is 5.58. The van der Waals surface area contributed by atoms with E-state index in [1.165, 1.54) is 5.69 Å². The van der Waals surface area contributed by atoms with E-state index in [0.29, 0.717) is 6.61 Å². The van der Waals surface area contributed by atoms with Crippen molar-refractivity contribution in [2.45, 2.75) is 26.3 Å². The molecule has 1 N–H and O–H groups in total. The molecule has 0 aromatic carbocycles. The molecule has 86 valence electrons. The molecule has 0 bridgehead atoms. The third-order valence-corrected chi connectivity index (χ3v) is 2.35. The normalized spacial score (nSPS) is 13.0. The fourth-order valence-electron chi connectivity index (χ4n) is 1.53. The molecule has 4 heteroatoms. The van der Waals surface area contributed by atoms with Crippen LogP contribution in [-0.2, 0) is 11.8 Å². The van der Waals surface area contributed by atoms with E-state index in [2.05, 4.69) is 17.3 Å². The van der Waals surface area contributed by atoms with Gasteiger partial charge in [-0.15, -0.1) is 0 Å². The van der Waals surface area contributed by atoms with Gasteiger partial charge in [0.25, 0.3) is 0 Å². The fraction of sp³-hybridized carbons (Fsp3) is 0.727. The Hall–Kier alpha value is -0.870. The van der Waals surface area contributed by atoms with E-state index >= 15 is 0 Å². The van der Waals surface area contributed by atoms with Gasteiger partial charge in [-0.3, -0.25) is 4.68 Å². The molecule has 0 aliphatic heterocycles. The second kappa shape index (κ2) is 6.58. The van der Waals surface area contributed by atoms with Crippen LogP contribution >= 0.6 is 0 Å². The van der Waals surface area contributed by atoms with Crippen molar-refractivity contribution in [2.75, 3.05) is 19.8 Å². The summed E-state index contributed by atoms with van der Waals surface area (Å²) in [6.07, 6.45) is 2.95. The lowest BCUT2D eigenvalue weighted by atomic mass is 10.2. The maximum atomic E-state index is 5.47. The zero-order valence-corrected chi connectivity index (χ0v) is 9.86. The Morgan fingerprint density at radius 2 is 2.33 bits per heavy atom. The lowest BCUT2D eigenvalue weighted by Crippen LogP contribution is -2.28. The van der Waals surface area contributed by atoms with Gasteiger partial charge in [-0.25, -0.2) is 0 Å². The van der Waals surface area contributed by atoms with Crippen LogP contribution in [0.15, 0.2) is 12.3 Å². The minimum atomic E-state index is 0.248. The fourth-order valence-corrected chi connectivity index (χ4v) is 1.53. The summed E-state index contributed by atoms with van der Waals surface area (Å²) in [7, 11) is 1.96. The van der Waals surface area contributed by atoms with Crippen LogP contribution in [-0.4, -0.2) is 29.5 Å². The zero-order valence-electron chi connectivity index (χ0n) is 9.86. The van der Waals surface area contributed by atoms with Crippen LogP contribution in [0.3, 0.4) is 0 Å². The Bertz CT molecular complexity index is 265. The molecule has 0 amide bonds. The molecule has 1 aromatic heterocycles. The van der Waals surface area contributed by atoms with Gasteiger partial charge in [0.1, 0.15) is 0 Å². The number of nitrogens with one attached hydrogen (secondary N) is 1. The van der Waals surface area contributed by atoms with Gasteiger partial charge < -0.3 is 10.1 Å². The first-order valence-electron chi connectivity index (χ1n) is 5.58. The number of nitrogens with zero attached hydrogens (tertiary/aromatic N) is 2. The predicted molar refractivity (Wildman–Crippen MR) is 60.7 cm³/mol. The maximum absolute atomic E-state index is 5.47. The molecule has 0 saturated heterocycles. The third-order valence-electron chi connectivity index (χ3n) is 2.35. The topological polar surface area (TPSA) is 39.1 Å². The molecule has 1 aromatic rings. The first kappa shape index (κ1) is 12.2. The molecule has 4 nitrogen and oxygen atoms in total. The van der Waals surface area contributed by atoms with Gasteiger partial charge in [0.15, 0.2) is 0 Å². The third kappa shape index (κ3) is 3.64. The van der Waals surface area contributed by atoms with Gasteiger partial charge >= 0.3 is 0 Å². The van der Waals surface area contributed by atoms with Crippen LogP contribution in [0.4, 0.5) is 0 Å². The highest BCUT2D eigenvalue weighted by atomic mass is 16.5. The van der Waals surface area contributed by atoms with E-state index in [1.807, 2.05) is 30.9 Å². The summed E-state index contributed by atoms with van der Waals surface area (Å²) < 4.78 is 7.36. The molecular formula is C11H21N3O. The average molecular weight is 211 g/mol. The zero-order chi connectivity index (χ0) is 11.1. The van der Waals surface area contributed by atoms with E-state index in [9.17, 15) is 0 Å². The summed E-state index contributed by atoms with van der Waals surface area (Å²) in [5.74, 6) is 0. The number of aryl methyl sites for hydroxylation is 1. The van der Waals surface area contributed by atoms with Crippen LogP contribution < -0.4 is 5.32 Å². The molecule has 15 heavy (non-hydrogen) atoms. The van der Waals surface area contributed by atoms with Crippen molar-refractivity contribution in [3.63, 3.8) is 0 Å². The Morgan fingerprint density at radius 1 is 1.53 bits per heavy atom. The highest BCUT2D eigenvalue weighted by molar-refractivity contribution is 5.06. The summed E-state index contributed by atoms with van der Waals surface area (Å²) in [4.78, 5) is 0. The second-order valence-corrected chi connectivity index (χ2v) is 3.55. The largest absolute Gasteiger partial charge is 0.380 e. The van der Waals surface area contributed by atoms with Gasteiger partial charge in [-0.1, -0.05) is 6.92 Å². The van der Waals surface area contributed by atoms with Crippen LogP contribution in [0, 0.1) is 0 Å². The summed E-state index contributed by atoms with van der Waals surface area (Å²) in [5.41, 5.74) is 1.18. The molecule has 0 radical (unpaired) electrons. The number of ether oxygens (including phenoxy) is 1. The average Bonchev–Trinajstić information content (AvgIpc) is 2.65. The Labute approximate surface area is 91.6 Å². The summed E-state index contributed by atoms with van der Waals surface area (Å²) in [5, 5.41) is 7.64. The van der Waals surface area contributed by atoms with Crippen LogP contribution in [0.1, 0.15) is 32.0 Å². The molecule has 0 spiro atoms. The maximum Gasteiger partial charge on any atom is 0.0729 e. The van der Waals surface area contributed by atoms with Gasteiger partial charge in [-0.2, -0.15) is 5.10 Å². The van der Waals surface area contributed by atoms with Crippen molar-refractivity contribution in [3.05, 3.63) is 18.0 Å². The predicted octanol–water partition coefficient (Wildman–Crippen LogP) is 1.50. The molecule has 0 aliphatic carbocycles. The van der Waals surface area contributed by atoms with E-state index in [0.717, 1.165) is 19.6 Å². The Balaban J connectivity index is 2.58. The van der Waals surface area contributed by atoms with Crippen molar-refractivity contribution >= 4 is 0 Å². The van der Waals surface area contributed by atoms with E-state index in [1.54, 1.807) is 0 Å². The highest BCUT2D eigenvalue weighted by Crippen LogP contribution is 2.11. The molecule has 0 saturated carbocycles. The van der Waals surface area contributed by atoms with Crippen LogP contribution in [0.2, 0.25) is 0 Å². The summed E-state index contributed by atoms with van der Waals surface area (Å²) in [6.45, 7) is 6.63. The van der Waals surface area contributed by atoms with Crippen molar-refractivity contribution < 1.29 is 4.74 Å². The molecule has 1 heterocycles. The summed E-state index contributed by atoms with van der Waals surface area (Å²) in [6, 6.07) is 2.28. The van der Waals surface area contributed by atoms with E-state index < -0.39 is 0 Å². The SMILES string of the molecule is CCCNC(COCC)c1ccnn1C. The van der Waals surface area contributed by atoms with E-state index in [-0.39, 0.29) is 6.04 Å². The summed E-state index contributed by atoms with van der Waals surface area (Å²) >= 11 is 0. The smallest absolute Gasteiger partial charge is 0.0729 e. The number of hydrogen-bond donors (Lipinski definition) is 1. The van der Waals surface area contributed by atoms with Crippen molar-refractivity contribution in [1.82, 2.24) is 15.1 Å². The molecule has 0 aliphatic rings. The van der Waals surface area contributed by atoms with Gasteiger partial charge in [0, 0.05) is 19.9 Å². The molecule has 0 fully saturated rings. The van der Waals surface area contributed by atoms with Crippen molar-refractivity contribution in [2.24, 2.45) is 7.05 Å². The van der Waals surface area contributed by atoms with Crippen molar-refractivity contribution in [1.29, 1.82) is 0 Å². The standard InChI is InChI=1S/C11H21N3O/c1-4-7-12-10(9-15-5-2)11-6-8-13-14(11)3/h6,8,10,12H,4-5,7,9H2,1-3H3. The van der Waals surface area contributed by atoms with Crippen LogP contribution in [0.5, 0.6) is 0 Å². The molecule has 1 atom stereocenters. The number of hydrogen-bond acceptors (Lipinski definition) is 3. The lowest BCUT2D eigenvalue weighted by molar-refractivity contribution is 0.120. The Kier molecular flexibility index (Phi) is 5.36. The molecular weight excluding hydrogens is 190 g/mol. The van der Waals surface area contributed by atoms with Crippen LogP contribution in [0.25, 0.3) is 0 Å². The van der Waals surface area contributed by atoms with E-state index in [4.69, 9.17) is 4.74 Å². The van der Waals surface area contributed by atoms with Gasteiger partial charge in [0.05, 0.1) is 18.3 Å². The minimum absolute atomic E-state index is 0.248. The molecule has 1 unspecified atom stereocenters. The Morgan fingerprint density at radius 3 is 2.87 bits per heavy atom. The number of rotatable bonds is 7. The second-order valence-electron chi connectivity index (χ2n) is 3.55. The minimum Gasteiger partial charge on any atom is -0.380 e. The number of aromatic nitrogens is 2. The monoisotopic (exact) mass is 211 g/mol. The van der Waals surface area contributed by atoms with Gasteiger partial charge in [-0.05, 0) is 26.0 Å². The van der Waals surface area contributed by atoms with Crippen molar-refractivity contribution in [3.8, 4) is 0 Å². The molecule has 1 rings (SSSR count). The highest BCUT2D eigenvalue weighted by Gasteiger charge is 2.13.